The summed E-state index contributed by atoms with van der Waals surface area (Å²) in [4.78, 5) is 40.0. The summed E-state index contributed by atoms with van der Waals surface area (Å²) in [5, 5.41) is 0. The number of piperidine rings is 1. The van der Waals surface area contributed by atoms with Gasteiger partial charge in [0, 0.05) is 19.4 Å². The van der Waals surface area contributed by atoms with Crippen molar-refractivity contribution in [2.75, 3.05) is 39.3 Å². The van der Waals surface area contributed by atoms with Crippen LogP contribution < -0.4 is 11.5 Å². The molecule has 8 nitrogen and oxygen atoms in total. The average Bonchev–Trinajstić information content (AvgIpc) is 2.79. The summed E-state index contributed by atoms with van der Waals surface area (Å²) in [7, 11) is 0. The highest BCUT2D eigenvalue weighted by Crippen LogP contribution is 2.32. The summed E-state index contributed by atoms with van der Waals surface area (Å²) in [5.41, 5.74) is 11.3. The fraction of sp³-hybridized carbons (Fsp3) is 0.875. The van der Waals surface area contributed by atoms with Gasteiger partial charge in [0.25, 0.3) is 5.91 Å². The van der Waals surface area contributed by atoms with E-state index in [0.717, 1.165) is 26.1 Å². The summed E-state index contributed by atoms with van der Waals surface area (Å²) in [6.07, 6.45) is 11.3. The number of carbonyl (C=O) groups is 3. The number of nitrogens with zero attached hydrogens (tertiary/aromatic N) is 2. The number of likely N-dealkylation sites (tertiary alicyclic amines) is 1. The maximum absolute atomic E-state index is 13.5. The van der Waals surface area contributed by atoms with E-state index in [1.165, 1.54) is 51.4 Å². The molecule has 0 aromatic rings. The predicted molar refractivity (Wildman–Crippen MR) is 122 cm³/mol. The summed E-state index contributed by atoms with van der Waals surface area (Å²) in [6, 6.07) is -0.588. The first-order chi connectivity index (χ1) is 15.4. The number of quaternary nitrogens is 1. The number of morpholine rings is 1. The monoisotopic (exact) mass is 451 g/mol. The van der Waals surface area contributed by atoms with Gasteiger partial charge in [-0.3, -0.25) is 9.59 Å². The van der Waals surface area contributed by atoms with Crippen molar-refractivity contribution in [1.29, 1.82) is 0 Å². The molecule has 2 heterocycles. The third-order valence-corrected chi connectivity index (χ3v) is 7.87. The molecule has 3 unspecified atom stereocenters. The molecule has 2 aliphatic heterocycles. The largest absolute Gasteiger partial charge is 0.370 e. The first-order valence-electron chi connectivity index (χ1n) is 12.7. The van der Waals surface area contributed by atoms with E-state index in [9.17, 15) is 14.4 Å². The van der Waals surface area contributed by atoms with Crippen LogP contribution in [0.3, 0.4) is 0 Å². The molecule has 3 fully saturated rings. The Morgan fingerprint density at radius 2 is 1.66 bits per heavy atom. The molecule has 0 bridgehead atoms. The van der Waals surface area contributed by atoms with Gasteiger partial charge < -0.3 is 21.1 Å². The Bertz CT molecular complexity index is 646. The van der Waals surface area contributed by atoms with E-state index in [1.807, 2.05) is 0 Å². The SMILES string of the molecule is NC(=O)CCC(=O)[N+]1(C(CCN2CCCCC2)C(N)=O)CCOC(CC2CCCCC2)C1. The molecule has 4 N–H and O–H groups in total. The molecule has 32 heavy (non-hydrogen) atoms. The number of nitrogens with two attached hydrogens (primary N) is 2. The molecule has 1 saturated carbocycles. The van der Waals surface area contributed by atoms with Crippen LogP contribution in [0, 0.1) is 5.92 Å². The average molecular weight is 452 g/mol. The second-order valence-corrected chi connectivity index (χ2v) is 10.1. The standard InChI is InChI=1S/C24H42N4O4/c25-22(29)9-10-23(30)28(21(24(26)31)11-14-27-12-5-2-6-13-27)15-16-32-20(18-28)17-19-7-3-1-4-8-19/h19-21H,1-18H2,(H3-,25,26,29,31)/p+1. The topological polar surface area (TPSA) is 116 Å². The van der Waals surface area contributed by atoms with E-state index in [2.05, 4.69) is 4.90 Å². The van der Waals surface area contributed by atoms with Crippen LogP contribution in [-0.4, -0.2) is 78.6 Å². The van der Waals surface area contributed by atoms with E-state index in [0.29, 0.717) is 32.0 Å². The van der Waals surface area contributed by atoms with E-state index < -0.39 is 17.9 Å². The Morgan fingerprint density at radius 1 is 0.969 bits per heavy atom. The number of hydrogen-bond donors (Lipinski definition) is 2. The van der Waals surface area contributed by atoms with Crippen molar-refractivity contribution >= 4 is 17.7 Å². The minimum absolute atomic E-state index is 0.00455. The first kappa shape index (κ1) is 25.1. The van der Waals surface area contributed by atoms with Crippen LogP contribution in [-0.2, 0) is 19.1 Å². The number of primary amides is 2. The predicted octanol–water partition coefficient (Wildman–Crippen LogP) is 1.69. The summed E-state index contributed by atoms with van der Waals surface area (Å²) in [6.45, 7) is 4.19. The Balaban J connectivity index is 1.76. The van der Waals surface area contributed by atoms with Gasteiger partial charge in [0.2, 0.25) is 5.91 Å². The van der Waals surface area contributed by atoms with Crippen LogP contribution in [0.15, 0.2) is 0 Å². The lowest BCUT2D eigenvalue weighted by atomic mass is 9.84. The highest BCUT2D eigenvalue weighted by atomic mass is 16.5. The molecule has 0 aromatic carbocycles. The lowest BCUT2D eigenvalue weighted by molar-refractivity contribution is -0.882. The van der Waals surface area contributed by atoms with Crippen molar-refractivity contribution < 1.29 is 23.6 Å². The zero-order valence-electron chi connectivity index (χ0n) is 19.6. The van der Waals surface area contributed by atoms with Crippen LogP contribution in [0.1, 0.15) is 77.0 Å². The van der Waals surface area contributed by atoms with Gasteiger partial charge in [-0.05, 0) is 38.3 Å². The molecule has 8 heteroatoms. The van der Waals surface area contributed by atoms with Gasteiger partial charge in [0.05, 0.1) is 13.0 Å². The number of hydrogen-bond acceptors (Lipinski definition) is 5. The number of amides is 3. The molecular weight excluding hydrogens is 408 g/mol. The Labute approximate surface area is 192 Å². The normalized spacial score (nSPS) is 28.8. The molecule has 3 aliphatic rings. The molecule has 1 aliphatic carbocycles. The van der Waals surface area contributed by atoms with Crippen molar-refractivity contribution in [3.05, 3.63) is 0 Å². The highest BCUT2D eigenvalue weighted by Gasteiger charge is 2.50. The van der Waals surface area contributed by atoms with Crippen LogP contribution in [0.5, 0.6) is 0 Å². The molecule has 3 amide bonds. The summed E-state index contributed by atoms with van der Waals surface area (Å²) >= 11 is 0. The van der Waals surface area contributed by atoms with Crippen LogP contribution in [0.2, 0.25) is 0 Å². The lowest BCUT2D eigenvalue weighted by Gasteiger charge is -2.47. The molecule has 0 spiro atoms. The van der Waals surface area contributed by atoms with Gasteiger partial charge in [-0.1, -0.05) is 38.5 Å². The Hall–Kier alpha value is -1.51. The minimum atomic E-state index is -0.588. The van der Waals surface area contributed by atoms with Crippen molar-refractivity contribution in [3.63, 3.8) is 0 Å². The van der Waals surface area contributed by atoms with Gasteiger partial charge in [-0.15, -0.1) is 0 Å². The van der Waals surface area contributed by atoms with Gasteiger partial charge in [-0.2, -0.15) is 0 Å². The van der Waals surface area contributed by atoms with Crippen molar-refractivity contribution in [1.82, 2.24) is 4.90 Å². The fourth-order valence-electron chi connectivity index (χ4n) is 6.08. The molecular formula is C24H43N4O4+. The molecule has 3 atom stereocenters. The lowest BCUT2D eigenvalue weighted by Crippen LogP contribution is -2.69. The quantitative estimate of drug-likeness (QED) is 0.491. The molecule has 182 valence electrons. The van der Waals surface area contributed by atoms with E-state index >= 15 is 0 Å². The number of ether oxygens (including phenoxy) is 1. The Morgan fingerprint density at radius 3 is 2.31 bits per heavy atom. The van der Waals surface area contributed by atoms with Crippen molar-refractivity contribution in [3.8, 4) is 0 Å². The van der Waals surface area contributed by atoms with Gasteiger partial charge in [0.1, 0.15) is 19.2 Å². The van der Waals surface area contributed by atoms with Crippen LogP contribution in [0.4, 0.5) is 0 Å². The fourth-order valence-corrected chi connectivity index (χ4v) is 6.08. The van der Waals surface area contributed by atoms with Gasteiger partial charge in [0.15, 0.2) is 6.04 Å². The Kier molecular flexibility index (Phi) is 9.49. The van der Waals surface area contributed by atoms with Crippen molar-refractivity contribution in [2.24, 2.45) is 17.4 Å². The molecule has 2 saturated heterocycles. The highest BCUT2D eigenvalue weighted by molar-refractivity contribution is 5.84. The van der Waals surface area contributed by atoms with Gasteiger partial charge in [-0.25, -0.2) is 9.28 Å². The number of rotatable bonds is 10. The van der Waals surface area contributed by atoms with Crippen LogP contribution in [0.25, 0.3) is 0 Å². The third-order valence-electron chi connectivity index (χ3n) is 7.87. The summed E-state index contributed by atoms with van der Waals surface area (Å²) < 4.78 is 6.14. The van der Waals surface area contributed by atoms with E-state index in [1.54, 1.807) is 0 Å². The smallest absolute Gasteiger partial charge is 0.315 e. The number of carbonyl (C=O) groups excluding carboxylic acids is 3. The van der Waals surface area contributed by atoms with Crippen molar-refractivity contribution in [2.45, 2.75) is 89.2 Å². The maximum Gasteiger partial charge on any atom is 0.315 e. The first-order valence-corrected chi connectivity index (χ1v) is 12.7. The zero-order chi connectivity index (χ0) is 23.0. The second kappa shape index (κ2) is 12.1. The second-order valence-electron chi connectivity index (χ2n) is 10.1. The third kappa shape index (κ3) is 6.75. The van der Waals surface area contributed by atoms with Gasteiger partial charge >= 0.3 is 5.91 Å². The molecule has 3 rings (SSSR count). The van der Waals surface area contributed by atoms with E-state index in [4.69, 9.17) is 16.2 Å². The maximum atomic E-state index is 13.5. The zero-order valence-corrected chi connectivity index (χ0v) is 19.6. The van der Waals surface area contributed by atoms with E-state index in [-0.39, 0.29) is 29.3 Å². The van der Waals surface area contributed by atoms with Crippen LogP contribution >= 0.6 is 0 Å². The summed E-state index contributed by atoms with van der Waals surface area (Å²) in [5.74, 6) is -0.391. The minimum Gasteiger partial charge on any atom is -0.370 e. The molecule has 0 radical (unpaired) electrons. The molecule has 0 aromatic heterocycles.